The molecule has 0 N–H and O–H groups in total. The Morgan fingerprint density at radius 1 is 0.571 bits per heavy atom. The van der Waals surface area contributed by atoms with E-state index in [9.17, 15) is 0 Å². The fourth-order valence-corrected chi connectivity index (χ4v) is 7.87. The molecular weight excluding hydrogens is 846 g/mol. The Kier molecular flexibility index (Phi) is 16.0. The molecule has 0 aliphatic heterocycles. The normalized spacial score (nSPS) is 11.9. The topological polar surface area (TPSA) is 0 Å². The van der Waals surface area contributed by atoms with Gasteiger partial charge in [-0.2, -0.15) is 6.08 Å². The molecule has 5 heteroatoms. The van der Waals surface area contributed by atoms with Gasteiger partial charge in [-0.05, 0) is 44.2 Å². The Morgan fingerprint density at radius 3 is 1.27 bits per heavy atom. The maximum Gasteiger partial charge on any atom is -0.109 e. The minimum absolute atomic E-state index is 0. The molecule has 284 valence electrons. The van der Waals surface area contributed by atoms with E-state index in [1.54, 1.807) is 0 Å². The average Bonchev–Trinajstić information content (AvgIpc) is 3.86. The van der Waals surface area contributed by atoms with Crippen LogP contribution < -0.4 is 0 Å². The van der Waals surface area contributed by atoms with E-state index in [1.807, 2.05) is 60.7 Å². The fraction of sp³-hybridized carbons (Fsp3) is 0.176. The van der Waals surface area contributed by atoms with E-state index in [1.165, 1.54) is 93.5 Å². The molecule has 0 atom stereocenters. The van der Waals surface area contributed by atoms with Crippen LogP contribution in [0.1, 0.15) is 70.2 Å². The van der Waals surface area contributed by atoms with Gasteiger partial charge in [0, 0.05) is 0 Å². The molecular formula is C51H48Cl4Zr. The summed E-state index contributed by atoms with van der Waals surface area (Å²) in [5.41, 5.74) is 10.6. The van der Waals surface area contributed by atoms with E-state index in [-0.39, 0.29) is 35.6 Å². The van der Waals surface area contributed by atoms with Gasteiger partial charge in [0.05, 0.1) is 0 Å². The minimum atomic E-state index is 0. The van der Waals surface area contributed by atoms with Crippen molar-refractivity contribution in [2.24, 2.45) is 0 Å². The van der Waals surface area contributed by atoms with Crippen LogP contribution >= 0.6 is 48.0 Å². The van der Waals surface area contributed by atoms with Crippen molar-refractivity contribution in [1.29, 1.82) is 0 Å². The predicted octanol–water partition coefficient (Wildman–Crippen LogP) is 15.9. The van der Waals surface area contributed by atoms with Gasteiger partial charge in [-0.1, -0.05) is 114 Å². The summed E-state index contributed by atoms with van der Waals surface area (Å²) >= 11 is 13.1. The largest absolute Gasteiger partial charge is 0.273 e. The van der Waals surface area contributed by atoms with Crippen LogP contribution in [-0.4, -0.2) is 3.21 Å². The predicted molar refractivity (Wildman–Crippen MR) is 247 cm³/mol. The number of halogens is 4. The van der Waals surface area contributed by atoms with Crippen molar-refractivity contribution in [3.05, 3.63) is 196 Å². The maximum atomic E-state index is 5.86. The number of rotatable bonds is 4. The first kappa shape index (κ1) is 45.3. The van der Waals surface area contributed by atoms with Crippen molar-refractivity contribution in [3.8, 4) is 22.3 Å². The van der Waals surface area contributed by atoms with E-state index in [0.29, 0.717) is 0 Å². The van der Waals surface area contributed by atoms with Crippen LogP contribution in [0.2, 0.25) is 10.0 Å². The Bertz CT molecular complexity index is 2260. The Hall–Kier alpha value is -3.42. The zero-order valence-corrected chi connectivity index (χ0v) is 38.4. The van der Waals surface area contributed by atoms with Gasteiger partial charge in [-0.25, -0.2) is 12.2 Å². The Morgan fingerprint density at radius 2 is 0.964 bits per heavy atom. The van der Waals surface area contributed by atoms with Crippen LogP contribution in [0.4, 0.5) is 0 Å². The van der Waals surface area contributed by atoms with Gasteiger partial charge >= 0.3 is 120 Å². The van der Waals surface area contributed by atoms with Crippen LogP contribution in [0, 0.1) is 6.08 Å². The number of allylic oxidation sites excluding steroid dienone is 4. The van der Waals surface area contributed by atoms with Gasteiger partial charge in [-0.3, -0.25) is 6.08 Å². The molecule has 0 fully saturated rings. The first-order valence-electron chi connectivity index (χ1n) is 18.4. The zero-order valence-electron chi connectivity index (χ0n) is 32.8. The maximum absolute atomic E-state index is 5.86. The van der Waals surface area contributed by atoms with Crippen molar-refractivity contribution < 1.29 is 24.2 Å². The molecule has 0 aromatic heterocycles. The van der Waals surface area contributed by atoms with E-state index in [2.05, 4.69) is 145 Å². The summed E-state index contributed by atoms with van der Waals surface area (Å²) in [6, 6.07) is 49.5. The van der Waals surface area contributed by atoms with Gasteiger partial charge < -0.3 is 0 Å². The quantitative estimate of drug-likeness (QED) is 0.154. The molecule has 0 saturated carbocycles. The Balaban J connectivity index is 0.000000252. The SMILES string of the molecule is CC(C)(C)c1cc2c(cc1-c1ccccc1)[cH-]c1cc(-c3ccccc3)c(C(C)(C)C)cc12.Cl.Cl.Clc1ccc([C](=[Zr+2])c2ccc(Cl)cc2)cc1.[C-]1=CC=CC1. The second kappa shape index (κ2) is 19.8. The molecule has 7 aromatic rings. The second-order valence-corrected chi connectivity index (χ2v) is 17.8. The van der Waals surface area contributed by atoms with E-state index >= 15 is 0 Å². The summed E-state index contributed by atoms with van der Waals surface area (Å²) in [5.74, 6) is 0. The van der Waals surface area contributed by atoms with Crippen LogP contribution in [-0.2, 0) is 35.1 Å². The van der Waals surface area contributed by atoms with Crippen LogP contribution in [0.15, 0.2) is 158 Å². The molecule has 8 rings (SSSR count). The molecule has 0 heterocycles. The van der Waals surface area contributed by atoms with Crippen molar-refractivity contribution in [2.75, 3.05) is 0 Å². The Labute approximate surface area is 371 Å². The molecule has 1 aliphatic rings. The first-order chi connectivity index (χ1) is 25.8. The second-order valence-electron chi connectivity index (χ2n) is 15.7. The standard InChI is InChI=1S/C33H33.C13H8Cl2.C5H5.2ClH.Zr/c1-32(2,3)30-20-26-24(18-28(30)22-13-9-7-10-14-22)17-25-19-29(23-15-11-8-12-16-23)31(21-27(25)26)33(4,5)6;14-12-5-1-10(2-6-12)9-11-3-7-13(15)8-4-11;1-2-4-5-3-1;;;/h7-21H,1-6H3;1-8H;1-3H,4H2;2*1H;/q-1;;-1;;;+2. The van der Waals surface area contributed by atoms with Crippen molar-refractivity contribution >= 4 is 72.8 Å². The number of hydrogen-bond acceptors (Lipinski definition) is 0. The number of benzene rings is 6. The fourth-order valence-electron chi connectivity index (χ4n) is 6.80. The molecule has 1 aliphatic carbocycles. The van der Waals surface area contributed by atoms with Crippen LogP contribution in [0.3, 0.4) is 0 Å². The van der Waals surface area contributed by atoms with Gasteiger partial charge in [0.25, 0.3) is 0 Å². The van der Waals surface area contributed by atoms with Crippen LogP contribution in [0.5, 0.6) is 0 Å². The summed E-state index contributed by atoms with van der Waals surface area (Å²) in [4.78, 5) is 0. The molecule has 0 bridgehead atoms. The van der Waals surface area contributed by atoms with Gasteiger partial charge in [0.1, 0.15) is 0 Å². The van der Waals surface area contributed by atoms with Gasteiger partial charge in [-0.15, -0.1) is 71.0 Å². The van der Waals surface area contributed by atoms with Crippen molar-refractivity contribution in [1.82, 2.24) is 0 Å². The van der Waals surface area contributed by atoms with E-state index < -0.39 is 0 Å². The molecule has 0 unspecified atom stereocenters. The summed E-state index contributed by atoms with van der Waals surface area (Å²) < 4.78 is 1.31. The first-order valence-corrected chi connectivity index (χ1v) is 20.4. The van der Waals surface area contributed by atoms with Gasteiger partial charge in [0.2, 0.25) is 0 Å². The molecule has 0 radical (unpaired) electrons. The summed E-state index contributed by atoms with van der Waals surface area (Å²) in [7, 11) is 0. The van der Waals surface area contributed by atoms with Crippen molar-refractivity contribution in [2.45, 2.75) is 58.8 Å². The van der Waals surface area contributed by atoms with Gasteiger partial charge in [0.15, 0.2) is 0 Å². The van der Waals surface area contributed by atoms with Crippen LogP contribution in [0.25, 0.3) is 43.8 Å². The smallest absolute Gasteiger partial charge is 0.109 e. The number of hydrogen-bond donors (Lipinski definition) is 0. The summed E-state index contributed by atoms with van der Waals surface area (Å²) in [6.45, 7) is 13.9. The molecule has 0 amide bonds. The number of fused-ring (bicyclic) bond motifs is 3. The molecule has 56 heavy (non-hydrogen) atoms. The molecule has 0 nitrogen and oxygen atoms in total. The third kappa shape index (κ3) is 11.2. The monoisotopic (exact) mass is 890 g/mol. The third-order valence-electron chi connectivity index (χ3n) is 9.62. The average molecular weight is 894 g/mol. The summed E-state index contributed by atoms with van der Waals surface area (Å²) in [5, 5.41) is 6.90. The third-order valence-corrected chi connectivity index (χ3v) is 11.5. The minimum Gasteiger partial charge on any atom is -0.273 e. The van der Waals surface area contributed by atoms with E-state index in [4.69, 9.17) is 23.2 Å². The molecule has 0 spiro atoms. The molecule has 7 aromatic carbocycles. The summed E-state index contributed by atoms with van der Waals surface area (Å²) in [6.07, 6.45) is 10.0. The molecule has 0 saturated heterocycles. The van der Waals surface area contributed by atoms with E-state index in [0.717, 1.165) is 16.5 Å². The van der Waals surface area contributed by atoms with Crippen molar-refractivity contribution in [3.63, 3.8) is 0 Å². The zero-order chi connectivity index (χ0) is 38.5.